The summed E-state index contributed by atoms with van der Waals surface area (Å²) < 4.78 is 0. The lowest BCUT2D eigenvalue weighted by molar-refractivity contribution is -0.142. The molecule has 2 aromatic heterocycles. The van der Waals surface area contributed by atoms with Gasteiger partial charge in [-0.1, -0.05) is 61.4 Å². The first kappa shape index (κ1) is 49.0. The van der Waals surface area contributed by atoms with Gasteiger partial charge in [0.05, 0.1) is 28.5 Å². The van der Waals surface area contributed by atoms with E-state index in [4.69, 9.17) is 15.1 Å². The first-order valence-electron chi connectivity index (χ1n) is 21.3. The van der Waals surface area contributed by atoms with Gasteiger partial charge in [-0.25, -0.2) is 19.2 Å². The molecule has 0 aliphatic carbocycles. The maximum atomic E-state index is 12.6. The number of hydrogen-bond acceptors (Lipinski definition) is 10. The van der Waals surface area contributed by atoms with Crippen molar-refractivity contribution in [2.45, 2.75) is 114 Å². The predicted molar refractivity (Wildman–Crippen MR) is 233 cm³/mol. The van der Waals surface area contributed by atoms with E-state index in [-0.39, 0.29) is 56.5 Å². The summed E-state index contributed by atoms with van der Waals surface area (Å²) in [5, 5.41) is 52.5. The topological polar surface area (TPSA) is 286 Å². The molecule has 18 nitrogen and oxygen atoms in total. The second-order valence-electron chi connectivity index (χ2n) is 15.3. The monoisotopic (exact) mass is 871 g/mol. The molecule has 3 unspecified atom stereocenters. The average Bonchev–Trinajstić information content (AvgIpc) is 3.25. The Hall–Kier alpha value is -6.69. The van der Waals surface area contributed by atoms with Crippen LogP contribution >= 0.6 is 0 Å². The minimum absolute atomic E-state index is 0.0149. The van der Waals surface area contributed by atoms with Gasteiger partial charge in [0, 0.05) is 36.6 Å². The Balaban J connectivity index is 1.08. The van der Waals surface area contributed by atoms with Crippen LogP contribution in [-0.2, 0) is 28.8 Å². The molecule has 2 aromatic carbocycles. The first-order chi connectivity index (χ1) is 30.3. The molecule has 4 aromatic rings. The Morgan fingerprint density at radius 2 is 0.952 bits per heavy atom. The van der Waals surface area contributed by atoms with Gasteiger partial charge in [0.1, 0.15) is 18.1 Å². The highest BCUT2D eigenvalue weighted by Gasteiger charge is 2.25. The molecule has 2 heterocycles. The number of amides is 4. The van der Waals surface area contributed by atoms with Crippen molar-refractivity contribution in [1.29, 1.82) is 0 Å². The number of nitrogens with one attached hydrogen (secondary N) is 5. The number of fused-ring (bicyclic) bond motifs is 2. The van der Waals surface area contributed by atoms with Crippen LogP contribution in [0.2, 0.25) is 0 Å². The minimum atomic E-state index is -1.50. The summed E-state index contributed by atoms with van der Waals surface area (Å²) >= 11 is 0. The zero-order valence-electron chi connectivity index (χ0n) is 35.1. The molecule has 3 atom stereocenters. The third-order valence-corrected chi connectivity index (χ3v) is 10.4. The highest BCUT2D eigenvalue weighted by atomic mass is 16.4. The average molecular weight is 872 g/mol. The molecule has 0 aliphatic heterocycles. The van der Waals surface area contributed by atoms with Crippen LogP contribution in [0.4, 0.5) is 4.79 Å². The molecule has 0 aliphatic rings. The van der Waals surface area contributed by atoms with Crippen molar-refractivity contribution in [1.82, 2.24) is 36.6 Å². The molecule has 0 saturated heterocycles. The molecule has 0 radical (unpaired) electrons. The maximum absolute atomic E-state index is 12.6. The van der Waals surface area contributed by atoms with Gasteiger partial charge in [0.25, 0.3) is 0 Å². The van der Waals surface area contributed by atoms with E-state index in [1.54, 1.807) is 0 Å². The van der Waals surface area contributed by atoms with E-state index in [9.17, 15) is 48.9 Å². The second kappa shape index (κ2) is 25.9. The highest BCUT2D eigenvalue weighted by Crippen LogP contribution is 2.24. The van der Waals surface area contributed by atoms with Gasteiger partial charge in [0.15, 0.2) is 0 Å². The van der Waals surface area contributed by atoms with Crippen molar-refractivity contribution in [3.05, 3.63) is 84.2 Å². The number of carboxylic acid groups (broad SMARTS) is 4. The summed E-state index contributed by atoms with van der Waals surface area (Å²) in [6, 6.07) is 18.7. The van der Waals surface area contributed by atoms with Crippen molar-refractivity contribution in [2.24, 2.45) is 0 Å². The quantitative estimate of drug-likeness (QED) is 0.0328. The summed E-state index contributed by atoms with van der Waals surface area (Å²) in [5.41, 5.74) is 3.40. The summed E-state index contributed by atoms with van der Waals surface area (Å²) in [7, 11) is 0. The van der Waals surface area contributed by atoms with Crippen molar-refractivity contribution >= 4 is 63.5 Å². The summed E-state index contributed by atoms with van der Waals surface area (Å²) in [6.07, 6.45) is 4.28. The summed E-state index contributed by atoms with van der Waals surface area (Å²) in [5.74, 6) is -5.65. The Labute approximate surface area is 364 Å². The lowest BCUT2D eigenvalue weighted by Gasteiger charge is -2.20. The number of unbranched alkanes of at least 4 members (excludes halogenated alkanes) is 5. The lowest BCUT2D eigenvalue weighted by atomic mass is 10.0. The van der Waals surface area contributed by atoms with E-state index >= 15 is 0 Å². The number of rotatable bonds is 29. The molecule has 63 heavy (non-hydrogen) atoms. The fourth-order valence-electron chi connectivity index (χ4n) is 6.94. The number of hydrogen-bond donors (Lipinski definition) is 9. The second-order valence-corrected chi connectivity index (χ2v) is 15.3. The number of carboxylic acids is 4. The standard InChI is InChI=1S/C45H57N7O11/c53-38(46-27-11-9-18-36(43(59)60)51-45(63)52-37(44(61)62)25-26-40(55)56)19-3-1-2-4-20-39(54)50-35(42(57)58)17-10-12-28-47-41(33-23-21-29-13-5-7-15-31(29)48-33)34-24-22-30-14-6-8-16-32(30)49-34/h5-8,13-16,21-24,35-37,41,47H,1-4,9-12,17-20,25-28H2,(H,46,53)(H,50,54)(H,55,56)(H,57,58)(H,59,60)(H,61,62)(H2,51,52,63). The third-order valence-electron chi connectivity index (χ3n) is 10.4. The Kier molecular flexibility index (Phi) is 20.2. The van der Waals surface area contributed by atoms with Crippen LogP contribution in [0.5, 0.6) is 0 Å². The largest absolute Gasteiger partial charge is 0.481 e. The summed E-state index contributed by atoms with van der Waals surface area (Å²) in [4.78, 5) is 92.5. The number of carbonyl (C=O) groups is 7. The molecular formula is C45H57N7O11. The number of benzene rings is 2. The molecule has 338 valence electrons. The van der Waals surface area contributed by atoms with E-state index in [1.807, 2.05) is 72.8 Å². The molecule has 4 amide bonds. The molecule has 9 N–H and O–H groups in total. The van der Waals surface area contributed by atoms with Gasteiger partial charge >= 0.3 is 29.9 Å². The van der Waals surface area contributed by atoms with Crippen molar-refractivity contribution in [3.63, 3.8) is 0 Å². The van der Waals surface area contributed by atoms with E-state index in [2.05, 4.69) is 26.6 Å². The number of para-hydroxylation sites is 2. The molecule has 0 spiro atoms. The lowest BCUT2D eigenvalue weighted by Crippen LogP contribution is -2.51. The Bertz CT molecular complexity index is 2110. The van der Waals surface area contributed by atoms with Crippen LogP contribution in [0.1, 0.15) is 107 Å². The fraction of sp³-hybridized carbons (Fsp3) is 0.444. The highest BCUT2D eigenvalue weighted by molar-refractivity contribution is 5.86. The maximum Gasteiger partial charge on any atom is 0.326 e. The molecule has 0 bridgehead atoms. The van der Waals surface area contributed by atoms with Crippen LogP contribution in [0.3, 0.4) is 0 Å². The number of pyridine rings is 2. The number of nitrogens with zero attached hydrogens (tertiary/aromatic N) is 2. The van der Waals surface area contributed by atoms with Crippen LogP contribution in [0, 0.1) is 0 Å². The van der Waals surface area contributed by atoms with Gasteiger partial charge in [-0.05, 0) is 88.6 Å². The molecule has 0 saturated carbocycles. The van der Waals surface area contributed by atoms with Crippen molar-refractivity contribution in [3.8, 4) is 0 Å². The van der Waals surface area contributed by atoms with Crippen LogP contribution in [0.25, 0.3) is 21.8 Å². The third kappa shape index (κ3) is 17.3. The first-order valence-corrected chi connectivity index (χ1v) is 21.3. The number of carbonyl (C=O) groups excluding carboxylic acids is 3. The minimum Gasteiger partial charge on any atom is -0.481 e. The van der Waals surface area contributed by atoms with E-state index in [1.165, 1.54) is 0 Å². The molecule has 4 rings (SSSR count). The summed E-state index contributed by atoms with van der Waals surface area (Å²) in [6.45, 7) is 0.847. The zero-order chi connectivity index (χ0) is 45.6. The smallest absolute Gasteiger partial charge is 0.326 e. The SMILES string of the molecule is O=C(O)CCC(NC(=O)NC(CCCCNC(=O)CCCCCCC(=O)NC(CCCCNC(c1ccc2ccccc2n1)c1ccc2ccccc2n1)C(=O)O)C(=O)O)C(=O)O. The van der Waals surface area contributed by atoms with Gasteiger partial charge < -0.3 is 47.0 Å². The van der Waals surface area contributed by atoms with Gasteiger partial charge in [0.2, 0.25) is 11.8 Å². The number of urea groups is 1. The van der Waals surface area contributed by atoms with Crippen molar-refractivity contribution < 1.29 is 54.0 Å². The van der Waals surface area contributed by atoms with Crippen LogP contribution in [0.15, 0.2) is 72.8 Å². The molecule has 18 heteroatoms. The Morgan fingerprint density at radius 3 is 1.48 bits per heavy atom. The van der Waals surface area contributed by atoms with E-state index < -0.39 is 54.5 Å². The molecular weight excluding hydrogens is 815 g/mol. The van der Waals surface area contributed by atoms with Gasteiger partial charge in [-0.15, -0.1) is 0 Å². The van der Waals surface area contributed by atoms with Gasteiger partial charge in [-0.3, -0.25) is 24.4 Å². The van der Waals surface area contributed by atoms with E-state index in [0.29, 0.717) is 57.9 Å². The Morgan fingerprint density at radius 1 is 0.476 bits per heavy atom. The van der Waals surface area contributed by atoms with Gasteiger partial charge in [-0.2, -0.15) is 0 Å². The van der Waals surface area contributed by atoms with Crippen molar-refractivity contribution in [2.75, 3.05) is 13.1 Å². The number of aromatic nitrogens is 2. The predicted octanol–water partition coefficient (Wildman–Crippen LogP) is 4.90. The number of aliphatic carboxylic acids is 4. The molecule has 0 fully saturated rings. The van der Waals surface area contributed by atoms with Crippen LogP contribution in [-0.4, -0.2) is 103 Å². The fourth-order valence-corrected chi connectivity index (χ4v) is 6.94. The van der Waals surface area contributed by atoms with E-state index in [0.717, 1.165) is 33.2 Å². The normalized spacial score (nSPS) is 12.6. The zero-order valence-corrected chi connectivity index (χ0v) is 35.1. The van der Waals surface area contributed by atoms with Crippen LogP contribution < -0.4 is 26.6 Å².